The van der Waals surface area contributed by atoms with Crippen LogP contribution in [0.3, 0.4) is 0 Å². The normalized spacial score (nSPS) is 27.2. The third-order valence-electron chi connectivity index (χ3n) is 4.38. The summed E-state index contributed by atoms with van der Waals surface area (Å²) >= 11 is 0. The monoisotopic (exact) mass is 282 g/mol. The van der Waals surface area contributed by atoms with E-state index < -0.39 is 34.6 Å². The van der Waals surface area contributed by atoms with Crippen molar-refractivity contribution in [3.05, 3.63) is 52.1 Å². The Morgan fingerprint density at radius 2 is 1.75 bits per heavy atom. The SMILES string of the molecule is Cc1ccc2c(c1F)C(F)(F)C1=C(F)C(C)C(C)C=C12. The fourth-order valence-electron chi connectivity index (χ4n) is 2.96. The number of benzene rings is 1. The van der Waals surface area contributed by atoms with E-state index in [1.54, 1.807) is 19.9 Å². The van der Waals surface area contributed by atoms with Crippen molar-refractivity contribution < 1.29 is 17.6 Å². The first-order chi connectivity index (χ1) is 9.26. The summed E-state index contributed by atoms with van der Waals surface area (Å²) < 4.78 is 57.4. The van der Waals surface area contributed by atoms with E-state index in [0.717, 1.165) is 0 Å². The van der Waals surface area contributed by atoms with Crippen molar-refractivity contribution in [2.75, 3.05) is 0 Å². The number of aryl methyl sites for hydroxylation is 1. The molecule has 2 unspecified atom stereocenters. The van der Waals surface area contributed by atoms with Gasteiger partial charge in [-0.3, -0.25) is 0 Å². The van der Waals surface area contributed by atoms with Gasteiger partial charge in [-0.05, 0) is 29.5 Å². The summed E-state index contributed by atoms with van der Waals surface area (Å²) in [5, 5.41) is 0. The second-order valence-corrected chi connectivity index (χ2v) is 5.64. The Balaban J connectivity index is 2.38. The molecule has 0 bridgehead atoms. The van der Waals surface area contributed by atoms with Crippen LogP contribution in [0.1, 0.15) is 30.5 Å². The average molecular weight is 282 g/mol. The van der Waals surface area contributed by atoms with Crippen molar-refractivity contribution in [1.29, 1.82) is 0 Å². The van der Waals surface area contributed by atoms with Gasteiger partial charge in [0.25, 0.3) is 0 Å². The highest BCUT2D eigenvalue weighted by atomic mass is 19.3. The van der Waals surface area contributed by atoms with E-state index in [-0.39, 0.29) is 22.6 Å². The zero-order valence-electron chi connectivity index (χ0n) is 11.4. The van der Waals surface area contributed by atoms with E-state index in [4.69, 9.17) is 0 Å². The standard InChI is InChI=1S/C16H14F4/c1-7-4-5-10-11-6-8(2)9(3)15(18)13(11)16(19,20)12(10)14(7)17/h4-6,8-9H,1-3H3. The Hall–Kier alpha value is -1.58. The summed E-state index contributed by atoms with van der Waals surface area (Å²) in [5.74, 6) is -6.18. The van der Waals surface area contributed by atoms with Gasteiger partial charge in [0.05, 0.1) is 11.1 Å². The van der Waals surface area contributed by atoms with E-state index in [2.05, 4.69) is 0 Å². The lowest BCUT2D eigenvalue weighted by Crippen LogP contribution is -2.20. The van der Waals surface area contributed by atoms with Crippen LogP contribution in [0.5, 0.6) is 0 Å². The molecule has 0 heterocycles. The molecule has 0 spiro atoms. The van der Waals surface area contributed by atoms with Crippen molar-refractivity contribution in [2.45, 2.75) is 26.7 Å². The van der Waals surface area contributed by atoms with Crippen LogP contribution in [0.15, 0.2) is 29.6 Å². The van der Waals surface area contributed by atoms with Crippen molar-refractivity contribution in [1.82, 2.24) is 0 Å². The molecule has 106 valence electrons. The van der Waals surface area contributed by atoms with Crippen LogP contribution in [-0.2, 0) is 5.92 Å². The largest absolute Gasteiger partial charge is 0.304 e. The lowest BCUT2D eigenvalue weighted by molar-refractivity contribution is 0.0394. The topological polar surface area (TPSA) is 0 Å². The molecule has 0 amide bonds. The van der Waals surface area contributed by atoms with Gasteiger partial charge < -0.3 is 0 Å². The number of hydrogen-bond donors (Lipinski definition) is 0. The Morgan fingerprint density at radius 3 is 2.40 bits per heavy atom. The van der Waals surface area contributed by atoms with Gasteiger partial charge in [0.1, 0.15) is 11.6 Å². The lowest BCUT2D eigenvalue weighted by Gasteiger charge is -2.25. The lowest BCUT2D eigenvalue weighted by atomic mass is 9.83. The van der Waals surface area contributed by atoms with E-state index in [9.17, 15) is 17.6 Å². The summed E-state index contributed by atoms with van der Waals surface area (Å²) in [6.45, 7) is 4.77. The van der Waals surface area contributed by atoms with Crippen molar-refractivity contribution in [2.24, 2.45) is 11.8 Å². The minimum Gasteiger partial charge on any atom is -0.211 e. The summed E-state index contributed by atoms with van der Waals surface area (Å²) in [4.78, 5) is 0. The third kappa shape index (κ3) is 1.48. The summed E-state index contributed by atoms with van der Waals surface area (Å²) in [7, 11) is 0. The van der Waals surface area contributed by atoms with Gasteiger partial charge in [-0.1, -0.05) is 32.1 Å². The first-order valence-electron chi connectivity index (χ1n) is 6.57. The van der Waals surface area contributed by atoms with Crippen molar-refractivity contribution >= 4 is 5.57 Å². The molecule has 20 heavy (non-hydrogen) atoms. The number of halogens is 4. The molecule has 0 aromatic heterocycles. The summed E-state index contributed by atoms with van der Waals surface area (Å²) in [6, 6.07) is 2.91. The van der Waals surface area contributed by atoms with E-state index in [1.165, 1.54) is 19.1 Å². The number of hydrogen-bond acceptors (Lipinski definition) is 0. The smallest absolute Gasteiger partial charge is 0.211 e. The molecule has 0 saturated carbocycles. The molecule has 0 aliphatic heterocycles. The Morgan fingerprint density at radius 1 is 1.10 bits per heavy atom. The Kier molecular flexibility index (Phi) is 2.66. The van der Waals surface area contributed by atoms with Gasteiger partial charge in [-0.2, -0.15) is 8.78 Å². The maximum atomic E-state index is 14.5. The molecule has 0 fully saturated rings. The minimum atomic E-state index is -3.60. The molecule has 0 radical (unpaired) electrons. The molecule has 1 aromatic carbocycles. The van der Waals surface area contributed by atoms with Crippen LogP contribution in [-0.4, -0.2) is 0 Å². The number of alkyl halides is 2. The summed E-state index contributed by atoms with van der Waals surface area (Å²) in [6.07, 6.45) is 1.62. The van der Waals surface area contributed by atoms with Gasteiger partial charge in [0, 0.05) is 5.92 Å². The van der Waals surface area contributed by atoms with Crippen LogP contribution >= 0.6 is 0 Å². The van der Waals surface area contributed by atoms with Crippen molar-refractivity contribution in [3.8, 4) is 0 Å². The predicted molar refractivity (Wildman–Crippen MR) is 69.5 cm³/mol. The predicted octanol–water partition coefficient (Wildman–Crippen LogP) is 5.13. The highest BCUT2D eigenvalue weighted by Crippen LogP contribution is 2.57. The highest BCUT2D eigenvalue weighted by molar-refractivity contribution is 5.90. The van der Waals surface area contributed by atoms with E-state index in [1.807, 2.05) is 0 Å². The molecule has 1 aromatic rings. The van der Waals surface area contributed by atoms with Gasteiger partial charge in [-0.25, -0.2) is 8.78 Å². The molecule has 0 nitrogen and oxygen atoms in total. The zero-order chi connectivity index (χ0) is 14.8. The maximum Gasteiger partial charge on any atom is 0.304 e. The van der Waals surface area contributed by atoms with E-state index >= 15 is 0 Å². The van der Waals surface area contributed by atoms with Crippen LogP contribution in [0.4, 0.5) is 17.6 Å². The number of rotatable bonds is 0. The molecule has 0 saturated heterocycles. The number of allylic oxidation sites excluding steroid dienone is 4. The molecule has 0 N–H and O–H groups in total. The van der Waals surface area contributed by atoms with Crippen LogP contribution in [0.2, 0.25) is 0 Å². The third-order valence-corrected chi connectivity index (χ3v) is 4.38. The first-order valence-corrected chi connectivity index (χ1v) is 6.57. The fraction of sp³-hybridized carbons (Fsp3) is 0.375. The quantitative estimate of drug-likeness (QED) is 0.578. The van der Waals surface area contributed by atoms with Gasteiger partial charge in [0.2, 0.25) is 0 Å². The summed E-state index contributed by atoms with van der Waals surface area (Å²) in [5.41, 5.74) is -0.934. The molecule has 3 rings (SSSR count). The Labute approximate surface area is 114 Å². The molecule has 2 aliphatic rings. The minimum absolute atomic E-state index is 0.113. The molecule has 4 heteroatoms. The molecule has 2 atom stereocenters. The van der Waals surface area contributed by atoms with Crippen LogP contribution < -0.4 is 0 Å². The van der Waals surface area contributed by atoms with Crippen molar-refractivity contribution in [3.63, 3.8) is 0 Å². The molecule has 2 aliphatic carbocycles. The Bertz CT molecular complexity index is 667. The second kappa shape index (κ2) is 3.96. The maximum absolute atomic E-state index is 14.5. The highest BCUT2D eigenvalue weighted by Gasteiger charge is 2.53. The van der Waals surface area contributed by atoms with Gasteiger partial charge >= 0.3 is 5.92 Å². The van der Waals surface area contributed by atoms with Crippen LogP contribution in [0.25, 0.3) is 5.57 Å². The molecular formula is C16H14F4. The fourth-order valence-corrected chi connectivity index (χ4v) is 2.96. The van der Waals surface area contributed by atoms with E-state index in [0.29, 0.717) is 0 Å². The molecular weight excluding hydrogens is 268 g/mol. The average Bonchev–Trinajstić information content (AvgIpc) is 2.59. The first kappa shape index (κ1) is 13.4. The van der Waals surface area contributed by atoms with Crippen LogP contribution in [0, 0.1) is 24.6 Å². The van der Waals surface area contributed by atoms with Gasteiger partial charge in [-0.15, -0.1) is 0 Å². The number of fused-ring (bicyclic) bond motifs is 3. The second-order valence-electron chi connectivity index (χ2n) is 5.64. The zero-order valence-corrected chi connectivity index (χ0v) is 11.4. The van der Waals surface area contributed by atoms with Gasteiger partial charge in [0.15, 0.2) is 0 Å².